The van der Waals surface area contributed by atoms with E-state index < -0.39 is 0 Å². The van der Waals surface area contributed by atoms with Gasteiger partial charge in [-0.1, -0.05) is 66.8 Å². The minimum absolute atomic E-state index is 1.21. The van der Waals surface area contributed by atoms with Crippen molar-refractivity contribution >= 4 is 6.08 Å². The molecular formula is C13H14. The Kier molecular flexibility index (Phi) is 3.77. The monoisotopic (exact) mass is 170 g/mol. The van der Waals surface area contributed by atoms with Crippen molar-refractivity contribution in [3.8, 4) is 0 Å². The largest absolute Gasteiger partial charge is 0.0991 e. The van der Waals surface area contributed by atoms with Gasteiger partial charge < -0.3 is 0 Å². The first-order valence-electron chi connectivity index (χ1n) is 4.35. The molecular weight excluding hydrogens is 156 g/mol. The van der Waals surface area contributed by atoms with E-state index in [0.29, 0.717) is 0 Å². The topological polar surface area (TPSA) is 0 Å². The molecule has 0 spiro atoms. The molecule has 0 heteroatoms. The number of hydrogen-bond acceptors (Lipinski definition) is 0. The summed E-state index contributed by atoms with van der Waals surface area (Å²) in [5.74, 6) is 0. The zero-order chi connectivity index (χ0) is 9.52. The van der Waals surface area contributed by atoms with Gasteiger partial charge in [-0.15, -0.1) is 0 Å². The maximum Gasteiger partial charge on any atom is -0.0257 e. The second-order valence-corrected chi connectivity index (χ2v) is 2.89. The van der Waals surface area contributed by atoms with Crippen LogP contribution in [-0.4, -0.2) is 0 Å². The lowest BCUT2D eigenvalue weighted by Crippen LogP contribution is -1.70. The lowest BCUT2D eigenvalue weighted by molar-refractivity contribution is 1.53. The van der Waals surface area contributed by atoms with E-state index in [9.17, 15) is 0 Å². The molecule has 0 N–H and O–H groups in total. The van der Waals surface area contributed by atoms with Crippen LogP contribution in [0.2, 0.25) is 0 Å². The van der Waals surface area contributed by atoms with E-state index in [1.54, 1.807) is 6.08 Å². The van der Waals surface area contributed by atoms with E-state index in [4.69, 9.17) is 0 Å². The van der Waals surface area contributed by atoms with E-state index in [1.165, 1.54) is 11.1 Å². The summed E-state index contributed by atoms with van der Waals surface area (Å²) in [5, 5.41) is 0. The number of allylic oxidation sites excluding steroid dienone is 4. The highest BCUT2D eigenvalue weighted by atomic mass is 13.9. The highest BCUT2D eigenvalue weighted by Gasteiger charge is 1.82. The fraction of sp³-hybridized carbons (Fsp3) is 0.0769. The van der Waals surface area contributed by atoms with Gasteiger partial charge in [0, 0.05) is 0 Å². The molecule has 0 bridgehead atoms. The molecule has 1 aromatic rings. The minimum atomic E-state index is 1.21. The first-order chi connectivity index (χ1) is 6.33. The second-order valence-electron chi connectivity index (χ2n) is 2.89. The van der Waals surface area contributed by atoms with Gasteiger partial charge in [-0.2, -0.15) is 0 Å². The number of hydrogen-bond donors (Lipinski definition) is 0. The Bertz CT molecular complexity index is 315. The Balaban J connectivity index is 2.69. The molecule has 0 atom stereocenters. The summed E-state index contributed by atoms with van der Waals surface area (Å²) in [5.41, 5.74) is 2.43. The average Bonchev–Trinajstić information content (AvgIpc) is 2.17. The molecule has 0 unspecified atom stereocenters. The molecule has 0 fully saturated rings. The molecule has 0 aliphatic rings. The maximum absolute atomic E-state index is 3.65. The molecule has 0 aromatic heterocycles. The molecule has 13 heavy (non-hydrogen) atoms. The molecule has 0 nitrogen and oxygen atoms in total. The quantitative estimate of drug-likeness (QED) is 0.605. The summed E-state index contributed by atoms with van der Waals surface area (Å²) in [7, 11) is 0. The van der Waals surface area contributed by atoms with Gasteiger partial charge in [0.15, 0.2) is 0 Å². The number of benzene rings is 1. The Morgan fingerprint density at radius 2 is 1.92 bits per heavy atom. The van der Waals surface area contributed by atoms with Gasteiger partial charge in [-0.3, -0.25) is 0 Å². The lowest BCUT2D eigenvalue weighted by Gasteiger charge is -1.91. The second kappa shape index (κ2) is 5.15. The van der Waals surface area contributed by atoms with Crippen LogP contribution in [0.25, 0.3) is 6.08 Å². The number of rotatable bonds is 3. The van der Waals surface area contributed by atoms with Gasteiger partial charge in [-0.05, 0) is 12.5 Å². The predicted octanol–water partition coefficient (Wildman–Crippen LogP) is 3.83. The van der Waals surface area contributed by atoms with E-state index in [0.717, 1.165) is 0 Å². The van der Waals surface area contributed by atoms with Gasteiger partial charge in [-0.25, -0.2) is 0 Å². The van der Waals surface area contributed by atoms with Crippen molar-refractivity contribution in [1.29, 1.82) is 0 Å². The van der Waals surface area contributed by atoms with Gasteiger partial charge >= 0.3 is 0 Å². The van der Waals surface area contributed by atoms with Crippen molar-refractivity contribution in [3.63, 3.8) is 0 Å². The van der Waals surface area contributed by atoms with Crippen LogP contribution in [0.4, 0.5) is 0 Å². The van der Waals surface area contributed by atoms with E-state index >= 15 is 0 Å². The fourth-order valence-corrected chi connectivity index (χ4v) is 1.03. The van der Waals surface area contributed by atoms with Crippen molar-refractivity contribution in [2.75, 3.05) is 0 Å². The van der Waals surface area contributed by atoms with Crippen LogP contribution >= 0.6 is 0 Å². The summed E-state index contributed by atoms with van der Waals surface area (Å²) < 4.78 is 0. The Morgan fingerprint density at radius 3 is 2.54 bits per heavy atom. The third-order valence-corrected chi connectivity index (χ3v) is 1.72. The van der Waals surface area contributed by atoms with E-state index in [-0.39, 0.29) is 0 Å². The first kappa shape index (κ1) is 9.53. The fourth-order valence-electron chi connectivity index (χ4n) is 1.03. The van der Waals surface area contributed by atoms with Gasteiger partial charge in [0.05, 0.1) is 0 Å². The highest BCUT2D eigenvalue weighted by Crippen LogP contribution is 2.04. The minimum Gasteiger partial charge on any atom is -0.0991 e. The van der Waals surface area contributed by atoms with E-state index in [2.05, 4.69) is 37.8 Å². The average molecular weight is 170 g/mol. The van der Waals surface area contributed by atoms with Gasteiger partial charge in [0.1, 0.15) is 0 Å². The molecule has 1 aromatic carbocycles. The normalized spacial score (nSPS) is 11.9. The Hall–Kier alpha value is -1.56. The molecule has 0 heterocycles. The van der Waals surface area contributed by atoms with Gasteiger partial charge in [0.2, 0.25) is 0 Å². The standard InChI is InChI=1S/C13H14/c1-3-7-12(2)10-11-13-8-5-4-6-9-13/h3-11H,1H2,2H3/b11-10-,12-7-. The van der Waals surface area contributed by atoms with Crippen molar-refractivity contribution in [3.05, 3.63) is 66.3 Å². The van der Waals surface area contributed by atoms with Crippen molar-refractivity contribution < 1.29 is 0 Å². The summed E-state index contributed by atoms with van der Waals surface area (Å²) >= 11 is 0. The summed E-state index contributed by atoms with van der Waals surface area (Å²) in [6.45, 7) is 5.70. The van der Waals surface area contributed by atoms with Crippen LogP contribution in [0.5, 0.6) is 0 Å². The Labute approximate surface area is 79.9 Å². The zero-order valence-corrected chi connectivity index (χ0v) is 7.90. The lowest BCUT2D eigenvalue weighted by atomic mass is 10.1. The summed E-state index contributed by atoms with van der Waals surface area (Å²) in [6, 6.07) is 10.2. The third-order valence-electron chi connectivity index (χ3n) is 1.72. The van der Waals surface area contributed by atoms with Crippen LogP contribution in [-0.2, 0) is 0 Å². The summed E-state index contributed by atoms with van der Waals surface area (Å²) in [4.78, 5) is 0. The molecule has 0 aliphatic heterocycles. The van der Waals surface area contributed by atoms with Crippen molar-refractivity contribution in [2.24, 2.45) is 0 Å². The van der Waals surface area contributed by atoms with Crippen LogP contribution in [0, 0.1) is 0 Å². The van der Waals surface area contributed by atoms with Crippen LogP contribution < -0.4 is 0 Å². The SMILES string of the molecule is C=C/C=C(C)\C=C/c1ccccc1. The van der Waals surface area contributed by atoms with Crippen molar-refractivity contribution in [2.45, 2.75) is 6.92 Å². The molecule has 0 amide bonds. The molecule has 0 aliphatic carbocycles. The smallest absolute Gasteiger partial charge is 0.0257 e. The molecule has 66 valence electrons. The molecule has 0 radical (unpaired) electrons. The zero-order valence-electron chi connectivity index (χ0n) is 7.90. The van der Waals surface area contributed by atoms with Crippen LogP contribution in [0.3, 0.4) is 0 Å². The van der Waals surface area contributed by atoms with Crippen molar-refractivity contribution in [1.82, 2.24) is 0 Å². The van der Waals surface area contributed by atoms with Gasteiger partial charge in [0.25, 0.3) is 0 Å². The van der Waals surface area contributed by atoms with Crippen LogP contribution in [0.1, 0.15) is 12.5 Å². The van der Waals surface area contributed by atoms with Crippen LogP contribution in [0.15, 0.2) is 60.7 Å². The van der Waals surface area contributed by atoms with E-state index in [1.807, 2.05) is 24.3 Å². The molecule has 0 saturated carbocycles. The molecule has 0 saturated heterocycles. The molecule has 1 rings (SSSR count). The Morgan fingerprint density at radius 1 is 1.23 bits per heavy atom. The highest BCUT2D eigenvalue weighted by molar-refractivity contribution is 5.52. The summed E-state index contributed by atoms with van der Waals surface area (Å²) in [6.07, 6.45) is 7.95. The predicted molar refractivity (Wildman–Crippen MR) is 59.4 cm³/mol. The maximum atomic E-state index is 3.65. The first-order valence-corrected chi connectivity index (χ1v) is 4.35. The third kappa shape index (κ3) is 3.57.